The fraction of sp³-hybridized carbons (Fsp3) is 0.227. The number of thioether (sulfide) groups is 1. The van der Waals surface area contributed by atoms with E-state index >= 15 is 0 Å². The molecule has 2 aromatic carbocycles. The van der Waals surface area contributed by atoms with Gasteiger partial charge in [0.25, 0.3) is 0 Å². The van der Waals surface area contributed by atoms with Crippen molar-refractivity contribution in [2.24, 2.45) is 0 Å². The molecule has 2 atom stereocenters. The van der Waals surface area contributed by atoms with Crippen molar-refractivity contribution < 1.29 is 14.0 Å². The van der Waals surface area contributed by atoms with Gasteiger partial charge in [-0.3, -0.25) is 9.59 Å². The first-order chi connectivity index (χ1) is 14.6. The number of nitrogens with zero attached hydrogens (tertiary/aromatic N) is 2. The molecule has 0 radical (unpaired) electrons. The number of nitrogens with one attached hydrogen (secondary N) is 2. The molecule has 0 spiro atoms. The van der Waals surface area contributed by atoms with Crippen molar-refractivity contribution in [1.29, 1.82) is 0 Å². The number of rotatable bonds is 6. The zero-order valence-electron chi connectivity index (χ0n) is 16.1. The van der Waals surface area contributed by atoms with Crippen molar-refractivity contribution in [3.8, 4) is 5.69 Å². The van der Waals surface area contributed by atoms with E-state index in [2.05, 4.69) is 15.7 Å². The van der Waals surface area contributed by atoms with E-state index in [9.17, 15) is 14.0 Å². The molecule has 1 aromatic heterocycles. The standard InChI is InChI=1S/C22H21FN4O2S/c23-17-8-6-15(7-9-17)10-20-22(29)26-19(14-30-20)21(28)24-11-16-12-25-27(13-16)18-4-2-1-3-5-18/h1-9,12-13,19-20H,10-11,14H2,(H,24,28)(H,26,29). The fourth-order valence-corrected chi connectivity index (χ4v) is 4.40. The average Bonchev–Trinajstić information content (AvgIpc) is 3.25. The molecule has 1 fully saturated rings. The first kappa shape index (κ1) is 20.2. The van der Waals surface area contributed by atoms with Crippen LogP contribution in [0.3, 0.4) is 0 Å². The summed E-state index contributed by atoms with van der Waals surface area (Å²) in [5.74, 6) is -0.200. The fourth-order valence-electron chi connectivity index (χ4n) is 3.21. The largest absolute Gasteiger partial charge is 0.350 e. The van der Waals surface area contributed by atoms with Gasteiger partial charge >= 0.3 is 0 Å². The van der Waals surface area contributed by atoms with Gasteiger partial charge < -0.3 is 10.6 Å². The SMILES string of the molecule is O=C(NCc1cnn(-c2ccccc2)c1)C1CSC(Cc2ccc(F)cc2)C(=O)N1. The summed E-state index contributed by atoms with van der Waals surface area (Å²) in [6, 6.07) is 15.3. The molecule has 154 valence electrons. The summed E-state index contributed by atoms with van der Waals surface area (Å²) in [6.45, 7) is 0.335. The zero-order valence-corrected chi connectivity index (χ0v) is 16.9. The Morgan fingerprint density at radius 2 is 1.93 bits per heavy atom. The summed E-state index contributed by atoms with van der Waals surface area (Å²) in [4.78, 5) is 24.9. The molecular formula is C22H21FN4O2S. The van der Waals surface area contributed by atoms with Gasteiger partial charge in [-0.1, -0.05) is 30.3 Å². The highest BCUT2D eigenvalue weighted by Gasteiger charge is 2.32. The molecule has 2 N–H and O–H groups in total. The average molecular weight is 425 g/mol. The van der Waals surface area contributed by atoms with Crippen molar-refractivity contribution in [2.45, 2.75) is 24.3 Å². The second-order valence-corrected chi connectivity index (χ2v) is 8.30. The van der Waals surface area contributed by atoms with Gasteiger partial charge in [-0.05, 0) is 36.2 Å². The Morgan fingerprint density at radius 3 is 2.67 bits per heavy atom. The third-order valence-electron chi connectivity index (χ3n) is 4.85. The summed E-state index contributed by atoms with van der Waals surface area (Å²) >= 11 is 1.45. The Bertz CT molecular complexity index is 1020. The number of carbonyl (C=O) groups excluding carboxylic acids is 2. The highest BCUT2D eigenvalue weighted by Crippen LogP contribution is 2.22. The van der Waals surface area contributed by atoms with Gasteiger partial charge in [0, 0.05) is 24.1 Å². The van der Waals surface area contributed by atoms with Crippen molar-refractivity contribution in [1.82, 2.24) is 20.4 Å². The molecule has 0 bridgehead atoms. The van der Waals surface area contributed by atoms with Crippen molar-refractivity contribution in [2.75, 3.05) is 5.75 Å². The molecule has 0 aliphatic carbocycles. The van der Waals surface area contributed by atoms with Crippen LogP contribution >= 0.6 is 11.8 Å². The quantitative estimate of drug-likeness (QED) is 0.638. The highest BCUT2D eigenvalue weighted by molar-refractivity contribution is 8.00. The van der Waals surface area contributed by atoms with E-state index in [-0.39, 0.29) is 22.9 Å². The number of hydrogen-bond donors (Lipinski definition) is 2. The molecule has 3 aromatic rings. The number of benzene rings is 2. The minimum Gasteiger partial charge on any atom is -0.350 e. The van der Waals surface area contributed by atoms with Gasteiger partial charge in [0.1, 0.15) is 11.9 Å². The van der Waals surface area contributed by atoms with E-state index in [0.29, 0.717) is 18.7 Å². The van der Waals surface area contributed by atoms with Gasteiger partial charge in [-0.15, -0.1) is 11.8 Å². The Hall–Kier alpha value is -3.13. The van der Waals surface area contributed by atoms with Gasteiger partial charge in [-0.25, -0.2) is 9.07 Å². The third kappa shape index (κ3) is 4.88. The molecular weight excluding hydrogens is 403 g/mol. The normalized spacial score (nSPS) is 18.6. The first-order valence-corrected chi connectivity index (χ1v) is 10.7. The van der Waals surface area contributed by atoms with Gasteiger partial charge in [0.15, 0.2) is 0 Å². The Morgan fingerprint density at radius 1 is 1.17 bits per heavy atom. The maximum absolute atomic E-state index is 13.0. The summed E-state index contributed by atoms with van der Waals surface area (Å²) in [6.07, 6.45) is 4.08. The molecule has 1 aliphatic rings. The molecule has 8 heteroatoms. The lowest BCUT2D eigenvalue weighted by Gasteiger charge is -2.28. The predicted molar refractivity (Wildman–Crippen MR) is 114 cm³/mol. The van der Waals surface area contributed by atoms with Crippen LogP contribution in [-0.4, -0.2) is 38.6 Å². The topological polar surface area (TPSA) is 76.0 Å². The third-order valence-corrected chi connectivity index (χ3v) is 6.16. The van der Waals surface area contributed by atoms with E-state index in [1.54, 1.807) is 23.0 Å². The smallest absolute Gasteiger partial charge is 0.243 e. The minimum absolute atomic E-state index is 0.173. The number of para-hydroxylation sites is 1. The van der Waals surface area contributed by atoms with Crippen LogP contribution in [0.25, 0.3) is 5.69 Å². The number of hydrogen-bond acceptors (Lipinski definition) is 4. The molecule has 6 nitrogen and oxygen atoms in total. The number of aromatic nitrogens is 2. The summed E-state index contributed by atoms with van der Waals surface area (Å²) in [5, 5.41) is 9.69. The Kier molecular flexibility index (Phi) is 6.13. The zero-order chi connectivity index (χ0) is 20.9. The number of halogens is 1. The lowest BCUT2D eigenvalue weighted by atomic mass is 10.1. The van der Waals surface area contributed by atoms with Crippen molar-refractivity contribution >= 4 is 23.6 Å². The molecule has 2 amide bonds. The van der Waals surface area contributed by atoms with Crippen LogP contribution in [0.4, 0.5) is 4.39 Å². The summed E-state index contributed by atoms with van der Waals surface area (Å²) < 4.78 is 14.8. The van der Waals surface area contributed by atoms with Crippen LogP contribution in [0.15, 0.2) is 67.0 Å². The molecule has 1 aliphatic heterocycles. The Balaban J connectivity index is 1.27. The van der Waals surface area contributed by atoms with E-state index in [4.69, 9.17) is 0 Å². The van der Waals surface area contributed by atoms with E-state index in [1.807, 2.05) is 36.5 Å². The van der Waals surface area contributed by atoms with Crippen LogP contribution < -0.4 is 10.6 Å². The minimum atomic E-state index is -0.573. The van der Waals surface area contributed by atoms with E-state index in [1.165, 1.54) is 23.9 Å². The first-order valence-electron chi connectivity index (χ1n) is 9.61. The summed E-state index contributed by atoms with van der Waals surface area (Å²) in [5.41, 5.74) is 2.71. The molecule has 2 heterocycles. The Labute approximate surface area is 177 Å². The second-order valence-electron chi connectivity index (χ2n) is 7.06. The van der Waals surface area contributed by atoms with Crippen LogP contribution in [0.5, 0.6) is 0 Å². The van der Waals surface area contributed by atoms with E-state index < -0.39 is 6.04 Å². The van der Waals surface area contributed by atoms with Crippen LogP contribution in [0.2, 0.25) is 0 Å². The van der Waals surface area contributed by atoms with Crippen molar-refractivity contribution in [3.05, 3.63) is 83.9 Å². The molecule has 4 rings (SSSR count). The second kappa shape index (κ2) is 9.13. The monoisotopic (exact) mass is 424 g/mol. The lowest BCUT2D eigenvalue weighted by molar-refractivity contribution is -0.128. The number of amides is 2. The van der Waals surface area contributed by atoms with E-state index in [0.717, 1.165) is 16.8 Å². The maximum Gasteiger partial charge on any atom is 0.243 e. The van der Waals surface area contributed by atoms with Gasteiger partial charge in [0.2, 0.25) is 11.8 Å². The van der Waals surface area contributed by atoms with Crippen LogP contribution in [0, 0.1) is 5.82 Å². The van der Waals surface area contributed by atoms with Crippen LogP contribution in [0.1, 0.15) is 11.1 Å². The van der Waals surface area contributed by atoms with Crippen LogP contribution in [-0.2, 0) is 22.6 Å². The molecule has 30 heavy (non-hydrogen) atoms. The molecule has 2 unspecified atom stereocenters. The van der Waals surface area contributed by atoms with Crippen molar-refractivity contribution in [3.63, 3.8) is 0 Å². The highest BCUT2D eigenvalue weighted by atomic mass is 32.2. The van der Waals surface area contributed by atoms with Gasteiger partial charge in [0.05, 0.1) is 17.1 Å². The number of carbonyl (C=O) groups is 2. The maximum atomic E-state index is 13.0. The lowest BCUT2D eigenvalue weighted by Crippen LogP contribution is -2.54. The van der Waals surface area contributed by atoms with Gasteiger partial charge in [-0.2, -0.15) is 5.10 Å². The molecule has 1 saturated heterocycles. The molecule has 0 saturated carbocycles. The summed E-state index contributed by atoms with van der Waals surface area (Å²) in [7, 11) is 0. The predicted octanol–water partition coefficient (Wildman–Crippen LogP) is 2.47.